The van der Waals surface area contributed by atoms with E-state index >= 15 is 0 Å². The van der Waals surface area contributed by atoms with E-state index in [9.17, 15) is 19.2 Å². The summed E-state index contributed by atoms with van der Waals surface area (Å²) < 4.78 is 29.3. The number of rotatable bonds is 21. The molecular formula is C50H57N3O9. The van der Waals surface area contributed by atoms with Crippen LogP contribution in [0.5, 0.6) is 17.2 Å². The molecule has 12 heteroatoms. The minimum atomic E-state index is -1.12. The van der Waals surface area contributed by atoms with Crippen molar-refractivity contribution in [3.63, 3.8) is 0 Å². The number of unbranched alkanes of at least 4 members (excludes halogenated alkanes) is 2. The van der Waals surface area contributed by atoms with Crippen LogP contribution in [0.3, 0.4) is 0 Å². The highest BCUT2D eigenvalue weighted by Gasteiger charge is 2.42. The van der Waals surface area contributed by atoms with Crippen molar-refractivity contribution < 1.29 is 42.9 Å². The Kier molecular flexibility index (Phi) is 15.6. The van der Waals surface area contributed by atoms with Crippen molar-refractivity contribution >= 4 is 34.5 Å². The molecule has 1 aliphatic rings. The first kappa shape index (κ1) is 45.1. The Morgan fingerprint density at radius 3 is 1.94 bits per heavy atom. The van der Waals surface area contributed by atoms with Gasteiger partial charge in [0.1, 0.15) is 29.0 Å². The Balaban J connectivity index is 1.13. The fourth-order valence-corrected chi connectivity index (χ4v) is 8.06. The topological polar surface area (TPSA) is 156 Å². The van der Waals surface area contributed by atoms with Crippen LogP contribution >= 0.6 is 0 Å². The molecule has 1 aliphatic heterocycles. The summed E-state index contributed by atoms with van der Waals surface area (Å²) in [5.74, 6) is 0.568. The van der Waals surface area contributed by atoms with Gasteiger partial charge in [-0.15, -0.1) is 0 Å². The fourth-order valence-electron chi connectivity index (χ4n) is 8.06. The smallest absolute Gasteiger partial charge is 0.306 e. The third-order valence-corrected chi connectivity index (χ3v) is 11.6. The average Bonchev–Trinajstić information content (AvgIpc) is 3.71. The van der Waals surface area contributed by atoms with Crippen LogP contribution in [0.4, 0.5) is 0 Å². The summed E-state index contributed by atoms with van der Waals surface area (Å²) in [6.07, 6.45) is 1.80. The maximum absolute atomic E-state index is 14.1. The Bertz CT molecular complexity index is 2230. The van der Waals surface area contributed by atoms with Gasteiger partial charge in [0.15, 0.2) is 0 Å². The number of fused-ring (bicyclic) bond motifs is 1. The first-order chi connectivity index (χ1) is 30.0. The van der Waals surface area contributed by atoms with Gasteiger partial charge < -0.3 is 39.6 Å². The minimum Gasteiger partial charge on any atom is -0.497 e. The summed E-state index contributed by atoms with van der Waals surface area (Å²) in [6, 6.07) is 36.8. The highest BCUT2D eigenvalue weighted by molar-refractivity contribution is 5.88. The van der Waals surface area contributed by atoms with E-state index in [0.717, 1.165) is 45.2 Å². The molecule has 1 heterocycles. The lowest BCUT2D eigenvalue weighted by atomic mass is 9.80. The number of primary amides is 1. The van der Waals surface area contributed by atoms with Gasteiger partial charge in [-0.3, -0.25) is 19.2 Å². The second-order valence-electron chi connectivity index (χ2n) is 15.6. The van der Waals surface area contributed by atoms with Crippen LogP contribution in [0.1, 0.15) is 80.0 Å². The van der Waals surface area contributed by atoms with Gasteiger partial charge in [-0.2, -0.15) is 0 Å². The Morgan fingerprint density at radius 1 is 0.710 bits per heavy atom. The molecule has 62 heavy (non-hydrogen) atoms. The van der Waals surface area contributed by atoms with Crippen LogP contribution in [0.2, 0.25) is 0 Å². The van der Waals surface area contributed by atoms with Crippen LogP contribution < -0.4 is 25.3 Å². The summed E-state index contributed by atoms with van der Waals surface area (Å²) in [5, 5.41) is 5.14. The molecule has 5 aromatic carbocycles. The van der Waals surface area contributed by atoms with E-state index < -0.39 is 29.6 Å². The molecule has 1 saturated heterocycles. The number of benzene rings is 5. The normalized spacial score (nSPS) is 15.5. The number of nitrogens with one attached hydrogen (secondary N) is 1. The molecule has 0 unspecified atom stereocenters. The molecule has 0 bridgehead atoms. The third-order valence-electron chi connectivity index (χ3n) is 11.6. The van der Waals surface area contributed by atoms with Crippen molar-refractivity contribution in [2.24, 2.45) is 5.73 Å². The quantitative estimate of drug-likeness (QED) is 0.0436. The van der Waals surface area contributed by atoms with Gasteiger partial charge in [0.2, 0.25) is 17.7 Å². The molecule has 0 aromatic heterocycles. The maximum Gasteiger partial charge on any atom is 0.306 e. The zero-order chi connectivity index (χ0) is 44.1. The zero-order valence-electron chi connectivity index (χ0n) is 36.0. The second kappa shape index (κ2) is 21.4. The predicted octanol–water partition coefficient (Wildman–Crippen LogP) is 7.43. The molecule has 3 amide bonds. The SMILES string of the molecule is COc1ccc(C(OC[C@@H]2C[C@@H](OC(=O)CCC(N)=O)CN2C(=O)CCCCCNC(=O)[C@@H](C)c2ccc3cc(OC)ccc3c2)(c2ccccc2)c2ccc(OC)cc2)cc1. The van der Waals surface area contributed by atoms with Gasteiger partial charge in [-0.05, 0) is 89.2 Å². The van der Waals surface area contributed by atoms with Crippen LogP contribution in [0.25, 0.3) is 10.8 Å². The van der Waals surface area contributed by atoms with Crippen molar-refractivity contribution in [1.29, 1.82) is 0 Å². The number of hydrogen-bond donors (Lipinski definition) is 2. The summed E-state index contributed by atoms with van der Waals surface area (Å²) in [7, 11) is 4.88. The van der Waals surface area contributed by atoms with E-state index in [-0.39, 0.29) is 50.1 Å². The second-order valence-corrected chi connectivity index (χ2v) is 15.6. The first-order valence-corrected chi connectivity index (χ1v) is 21.2. The Morgan fingerprint density at radius 2 is 1.31 bits per heavy atom. The number of carbonyl (C=O) groups is 4. The Labute approximate surface area is 363 Å². The molecular weight excluding hydrogens is 787 g/mol. The monoisotopic (exact) mass is 843 g/mol. The highest BCUT2D eigenvalue weighted by Crippen LogP contribution is 2.42. The van der Waals surface area contributed by atoms with E-state index in [0.29, 0.717) is 37.3 Å². The van der Waals surface area contributed by atoms with Gasteiger partial charge in [0, 0.05) is 25.8 Å². The van der Waals surface area contributed by atoms with Gasteiger partial charge in [0.05, 0.1) is 52.9 Å². The van der Waals surface area contributed by atoms with Crippen LogP contribution in [-0.4, -0.2) is 81.8 Å². The van der Waals surface area contributed by atoms with E-state index in [1.54, 1.807) is 26.2 Å². The Hall–Kier alpha value is -6.40. The van der Waals surface area contributed by atoms with Crippen molar-refractivity contribution in [2.45, 2.75) is 75.5 Å². The fraction of sp³-hybridized carbons (Fsp3) is 0.360. The number of nitrogens with two attached hydrogens (primary N) is 1. The number of carbonyl (C=O) groups excluding carboxylic acids is 4. The molecule has 6 rings (SSSR count). The lowest BCUT2D eigenvalue weighted by molar-refractivity contribution is -0.150. The number of methoxy groups -OCH3 is 3. The van der Waals surface area contributed by atoms with Crippen molar-refractivity contribution in [1.82, 2.24) is 10.2 Å². The van der Waals surface area contributed by atoms with Gasteiger partial charge in [-0.1, -0.05) is 85.3 Å². The van der Waals surface area contributed by atoms with Crippen LogP contribution in [0.15, 0.2) is 115 Å². The molecule has 3 atom stereocenters. The van der Waals surface area contributed by atoms with Crippen molar-refractivity contribution in [3.8, 4) is 17.2 Å². The van der Waals surface area contributed by atoms with Gasteiger partial charge >= 0.3 is 5.97 Å². The number of ether oxygens (including phenoxy) is 5. The maximum atomic E-state index is 14.1. The average molecular weight is 844 g/mol. The zero-order valence-corrected chi connectivity index (χ0v) is 36.0. The number of nitrogens with zero attached hydrogens (tertiary/aromatic N) is 1. The van der Waals surface area contributed by atoms with E-state index in [1.807, 2.05) is 122 Å². The first-order valence-electron chi connectivity index (χ1n) is 21.2. The van der Waals surface area contributed by atoms with E-state index in [4.69, 9.17) is 29.4 Å². The summed E-state index contributed by atoms with van der Waals surface area (Å²) in [5.41, 5.74) is 7.67. The van der Waals surface area contributed by atoms with Gasteiger partial charge in [-0.25, -0.2) is 0 Å². The standard InChI is InChI=1S/C50H57N3O9/c1-34(35-14-15-37-30-44(60-4)21-16-36(37)29-35)49(57)52-28-10-6-9-13-47(55)53-32-45(62-48(56)27-26-46(51)54)31-41(53)33-61-50(38-11-7-5-8-12-38,39-17-22-42(58-2)23-18-39)40-19-24-43(59-3)25-20-40/h5,7-8,11-12,14-25,29-30,34,41,45H,6,9-10,13,26-28,31-33H2,1-4H3,(H2,51,54)(H,52,57)/t34-,41-,45+/m0/s1. The number of hydrogen-bond acceptors (Lipinski definition) is 9. The highest BCUT2D eigenvalue weighted by atomic mass is 16.5. The van der Waals surface area contributed by atoms with Crippen LogP contribution in [0, 0.1) is 0 Å². The number of likely N-dealkylation sites (tertiary alicyclic amines) is 1. The lowest BCUT2D eigenvalue weighted by Crippen LogP contribution is -2.42. The number of esters is 1. The van der Waals surface area contributed by atoms with Gasteiger partial charge in [0.25, 0.3) is 0 Å². The van der Waals surface area contributed by atoms with E-state index in [1.165, 1.54) is 0 Å². The molecule has 0 saturated carbocycles. The molecule has 326 valence electrons. The lowest BCUT2D eigenvalue weighted by Gasteiger charge is -2.38. The minimum absolute atomic E-state index is 0.0545. The van der Waals surface area contributed by atoms with Crippen LogP contribution in [-0.2, 0) is 34.3 Å². The summed E-state index contributed by atoms with van der Waals surface area (Å²) >= 11 is 0. The molecule has 5 aromatic rings. The molecule has 0 radical (unpaired) electrons. The third kappa shape index (κ3) is 11.1. The molecule has 3 N–H and O–H groups in total. The number of amides is 3. The van der Waals surface area contributed by atoms with Crippen molar-refractivity contribution in [2.75, 3.05) is 41.0 Å². The predicted molar refractivity (Wildman–Crippen MR) is 237 cm³/mol. The summed E-state index contributed by atoms with van der Waals surface area (Å²) in [6.45, 7) is 2.69. The summed E-state index contributed by atoms with van der Waals surface area (Å²) in [4.78, 5) is 53.1. The molecule has 1 fully saturated rings. The molecule has 0 spiro atoms. The molecule has 12 nitrogen and oxygen atoms in total. The largest absolute Gasteiger partial charge is 0.497 e. The molecule has 0 aliphatic carbocycles. The van der Waals surface area contributed by atoms with E-state index in [2.05, 4.69) is 5.32 Å². The van der Waals surface area contributed by atoms with Crippen molar-refractivity contribution in [3.05, 3.63) is 138 Å².